The molecule has 1 amide bonds. The first-order valence-electron chi connectivity index (χ1n) is 6.77. The second-order valence-corrected chi connectivity index (χ2v) is 6.00. The summed E-state index contributed by atoms with van der Waals surface area (Å²) in [6.07, 6.45) is 2.73. The molecule has 1 aliphatic rings. The van der Waals surface area contributed by atoms with Crippen molar-refractivity contribution in [3.05, 3.63) is 16.7 Å². The van der Waals surface area contributed by atoms with Crippen molar-refractivity contribution >= 4 is 27.5 Å². The highest BCUT2D eigenvalue weighted by molar-refractivity contribution is 9.10. The molecule has 1 aromatic heterocycles. The van der Waals surface area contributed by atoms with Gasteiger partial charge in [-0.2, -0.15) is 0 Å². The number of piperidine rings is 1. The highest BCUT2D eigenvalue weighted by atomic mass is 79.9. The highest BCUT2D eigenvalue weighted by Crippen LogP contribution is 2.25. The minimum absolute atomic E-state index is 0.0296. The molecule has 0 aromatic carbocycles. The summed E-state index contributed by atoms with van der Waals surface area (Å²) in [5.41, 5.74) is 0.619. The number of methoxy groups -OCH3 is 1. The molecule has 20 heavy (non-hydrogen) atoms. The minimum Gasteiger partial charge on any atom is -0.479 e. The van der Waals surface area contributed by atoms with E-state index in [0.717, 1.165) is 25.9 Å². The third-order valence-electron chi connectivity index (χ3n) is 3.61. The molecule has 2 rings (SSSR count). The molecule has 0 aliphatic carbocycles. The summed E-state index contributed by atoms with van der Waals surface area (Å²) in [6, 6.07) is 3.58. The van der Waals surface area contributed by atoms with Crippen LogP contribution in [0.5, 0.6) is 5.88 Å². The van der Waals surface area contributed by atoms with Crippen LogP contribution in [0.15, 0.2) is 16.7 Å². The number of ether oxygens (including phenoxy) is 1. The number of nitrogens with one attached hydrogen (secondary N) is 1. The van der Waals surface area contributed by atoms with Gasteiger partial charge in [0.25, 0.3) is 0 Å². The van der Waals surface area contributed by atoms with Crippen LogP contribution in [0, 0.1) is 5.92 Å². The van der Waals surface area contributed by atoms with Crippen LogP contribution in [-0.2, 0) is 4.79 Å². The topological polar surface area (TPSA) is 54.5 Å². The summed E-state index contributed by atoms with van der Waals surface area (Å²) in [7, 11) is 3.66. The fraction of sp³-hybridized carbons (Fsp3) is 0.571. The molecule has 2 heterocycles. The Labute approximate surface area is 127 Å². The lowest BCUT2D eigenvalue weighted by atomic mass is 9.93. The average Bonchev–Trinajstić information content (AvgIpc) is 2.43. The van der Waals surface area contributed by atoms with Crippen LogP contribution < -0.4 is 10.1 Å². The van der Waals surface area contributed by atoms with Crippen molar-refractivity contribution in [2.45, 2.75) is 19.3 Å². The number of carbonyl (C=O) groups is 1. The Kier molecular flexibility index (Phi) is 5.37. The molecule has 0 radical (unpaired) electrons. The molecule has 6 heteroatoms. The summed E-state index contributed by atoms with van der Waals surface area (Å²) in [5, 5.41) is 2.89. The first-order valence-corrected chi connectivity index (χ1v) is 7.56. The number of aromatic nitrogens is 1. The lowest BCUT2D eigenvalue weighted by Crippen LogP contribution is -2.32. The van der Waals surface area contributed by atoms with E-state index in [1.165, 1.54) is 0 Å². The molecule has 1 saturated heterocycles. The summed E-state index contributed by atoms with van der Waals surface area (Å²) in [6.45, 7) is 2.14. The second kappa shape index (κ2) is 7.04. The van der Waals surface area contributed by atoms with Gasteiger partial charge in [-0.25, -0.2) is 4.98 Å². The molecule has 0 spiro atoms. The zero-order chi connectivity index (χ0) is 14.5. The van der Waals surface area contributed by atoms with E-state index in [4.69, 9.17) is 4.74 Å². The molecule has 1 fully saturated rings. The van der Waals surface area contributed by atoms with E-state index < -0.39 is 0 Å². The van der Waals surface area contributed by atoms with Crippen LogP contribution in [0.1, 0.15) is 19.3 Å². The Morgan fingerprint density at radius 1 is 1.50 bits per heavy atom. The molecule has 1 aromatic rings. The van der Waals surface area contributed by atoms with E-state index in [1.807, 2.05) is 0 Å². The summed E-state index contributed by atoms with van der Waals surface area (Å²) in [5.74, 6) is 0.929. The van der Waals surface area contributed by atoms with Crippen molar-refractivity contribution in [2.75, 3.05) is 32.6 Å². The van der Waals surface area contributed by atoms with E-state index in [0.29, 0.717) is 28.5 Å². The smallest absolute Gasteiger partial charge is 0.238 e. The number of rotatable bonds is 4. The van der Waals surface area contributed by atoms with Gasteiger partial charge in [-0.1, -0.05) is 0 Å². The number of pyridine rings is 1. The van der Waals surface area contributed by atoms with Gasteiger partial charge < -0.3 is 15.0 Å². The van der Waals surface area contributed by atoms with Gasteiger partial charge in [0.15, 0.2) is 0 Å². The zero-order valence-electron chi connectivity index (χ0n) is 11.9. The van der Waals surface area contributed by atoms with E-state index >= 15 is 0 Å². The molecule has 1 aliphatic heterocycles. The van der Waals surface area contributed by atoms with Crippen LogP contribution in [-0.4, -0.2) is 43.0 Å². The zero-order valence-corrected chi connectivity index (χ0v) is 13.4. The van der Waals surface area contributed by atoms with Gasteiger partial charge in [-0.05, 0) is 67.0 Å². The number of halogens is 1. The highest BCUT2D eigenvalue weighted by Gasteiger charge is 2.20. The summed E-state index contributed by atoms with van der Waals surface area (Å²) in [4.78, 5) is 18.6. The SMILES string of the molecule is COc1nc(Br)ccc1NC(=O)CC1CCN(C)CC1. The quantitative estimate of drug-likeness (QED) is 0.855. The van der Waals surface area contributed by atoms with Gasteiger partial charge in [0.05, 0.1) is 7.11 Å². The Morgan fingerprint density at radius 3 is 2.85 bits per heavy atom. The number of carbonyl (C=O) groups excluding carboxylic acids is 1. The molecular formula is C14H20BrN3O2. The lowest BCUT2D eigenvalue weighted by Gasteiger charge is -2.28. The summed E-state index contributed by atoms with van der Waals surface area (Å²) >= 11 is 3.28. The number of hydrogen-bond acceptors (Lipinski definition) is 4. The summed E-state index contributed by atoms with van der Waals surface area (Å²) < 4.78 is 5.85. The van der Waals surface area contributed by atoms with Crippen LogP contribution in [0.25, 0.3) is 0 Å². The Morgan fingerprint density at radius 2 is 2.20 bits per heavy atom. The van der Waals surface area contributed by atoms with Gasteiger partial charge in [-0.3, -0.25) is 4.79 Å². The molecule has 1 N–H and O–H groups in total. The maximum Gasteiger partial charge on any atom is 0.238 e. The van der Waals surface area contributed by atoms with Crippen molar-refractivity contribution in [1.82, 2.24) is 9.88 Å². The van der Waals surface area contributed by atoms with Crippen molar-refractivity contribution in [1.29, 1.82) is 0 Å². The lowest BCUT2D eigenvalue weighted by molar-refractivity contribution is -0.117. The number of hydrogen-bond donors (Lipinski definition) is 1. The third-order valence-corrected chi connectivity index (χ3v) is 4.05. The van der Waals surface area contributed by atoms with Gasteiger partial charge in [0.2, 0.25) is 11.8 Å². The number of likely N-dealkylation sites (tertiary alicyclic amines) is 1. The van der Waals surface area contributed by atoms with Gasteiger partial charge in [0.1, 0.15) is 10.3 Å². The fourth-order valence-corrected chi connectivity index (χ4v) is 2.69. The molecule has 0 atom stereocenters. The maximum absolute atomic E-state index is 12.1. The first kappa shape index (κ1) is 15.3. The number of amides is 1. The second-order valence-electron chi connectivity index (χ2n) is 5.19. The Hall–Kier alpha value is -1.14. The van der Waals surface area contributed by atoms with Crippen LogP contribution in [0.3, 0.4) is 0 Å². The Bertz CT molecular complexity index is 473. The number of anilines is 1. The Balaban J connectivity index is 1.91. The van der Waals surface area contributed by atoms with Gasteiger partial charge >= 0.3 is 0 Å². The maximum atomic E-state index is 12.1. The molecular weight excluding hydrogens is 322 g/mol. The molecule has 0 saturated carbocycles. The standard InChI is InChI=1S/C14H20BrN3O2/c1-18-7-5-10(6-8-18)9-13(19)16-11-3-4-12(15)17-14(11)20-2/h3-4,10H,5-9H2,1-2H3,(H,16,19). The monoisotopic (exact) mass is 341 g/mol. The predicted octanol–water partition coefficient (Wildman–Crippen LogP) is 2.52. The van der Waals surface area contributed by atoms with Crippen molar-refractivity contribution in [2.24, 2.45) is 5.92 Å². The third kappa shape index (κ3) is 4.18. The van der Waals surface area contributed by atoms with Crippen molar-refractivity contribution < 1.29 is 9.53 Å². The van der Waals surface area contributed by atoms with Crippen molar-refractivity contribution in [3.63, 3.8) is 0 Å². The van der Waals surface area contributed by atoms with Crippen molar-refractivity contribution in [3.8, 4) is 5.88 Å². The average molecular weight is 342 g/mol. The van der Waals surface area contributed by atoms with E-state index in [2.05, 4.69) is 38.2 Å². The van der Waals surface area contributed by atoms with Crippen LogP contribution in [0.2, 0.25) is 0 Å². The minimum atomic E-state index is 0.0296. The molecule has 5 nitrogen and oxygen atoms in total. The van der Waals surface area contributed by atoms with E-state index in [-0.39, 0.29) is 5.91 Å². The number of nitrogens with zero attached hydrogens (tertiary/aromatic N) is 2. The van der Waals surface area contributed by atoms with Gasteiger partial charge in [0, 0.05) is 6.42 Å². The largest absolute Gasteiger partial charge is 0.479 e. The molecule has 0 unspecified atom stereocenters. The molecule has 0 bridgehead atoms. The van der Waals surface area contributed by atoms with Crippen LogP contribution in [0.4, 0.5) is 5.69 Å². The van der Waals surface area contributed by atoms with Crippen LogP contribution >= 0.6 is 15.9 Å². The molecule has 110 valence electrons. The predicted molar refractivity (Wildman–Crippen MR) is 82.0 cm³/mol. The normalized spacial score (nSPS) is 16.9. The first-order chi connectivity index (χ1) is 9.58. The fourth-order valence-electron chi connectivity index (χ4n) is 2.40. The van der Waals surface area contributed by atoms with E-state index in [1.54, 1.807) is 19.2 Å². The van der Waals surface area contributed by atoms with E-state index in [9.17, 15) is 4.79 Å². The van der Waals surface area contributed by atoms with Gasteiger partial charge in [-0.15, -0.1) is 0 Å².